The smallest absolute Gasteiger partial charge is 0.193 e. The zero-order valence-electron chi connectivity index (χ0n) is 17.1. The fourth-order valence-electron chi connectivity index (χ4n) is 3.67. The number of methoxy groups -OCH3 is 1. The van der Waals surface area contributed by atoms with Gasteiger partial charge in [0, 0.05) is 39.0 Å². The topological polar surface area (TPSA) is 49.8 Å². The Balaban J connectivity index is 0.00000280. The molecule has 1 heterocycles. The molecule has 0 radical (unpaired) electrons. The van der Waals surface area contributed by atoms with E-state index in [0.29, 0.717) is 5.92 Å². The minimum absolute atomic E-state index is 0. The molecule has 2 atom stereocenters. The third kappa shape index (κ3) is 5.67. The van der Waals surface area contributed by atoms with Crippen molar-refractivity contribution in [3.8, 4) is 0 Å². The maximum absolute atomic E-state index is 5.36. The van der Waals surface area contributed by atoms with Crippen LogP contribution in [0.25, 0.3) is 0 Å². The number of ether oxygens (including phenoxy) is 1. The summed E-state index contributed by atoms with van der Waals surface area (Å²) in [6, 6.07) is 8.84. The minimum Gasteiger partial charge on any atom is -0.375 e. The summed E-state index contributed by atoms with van der Waals surface area (Å²) in [7, 11) is 5.61. The van der Waals surface area contributed by atoms with Crippen molar-refractivity contribution in [1.82, 2.24) is 15.2 Å². The third-order valence-corrected chi connectivity index (χ3v) is 6.30. The molecule has 0 fully saturated rings. The van der Waals surface area contributed by atoms with E-state index >= 15 is 0 Å². The molecule has 3 rings (SSSR count). The van der Waals surface area contributed by atoms with Gasteiger partial charge < -0.3 is 15.0 Å². The van der Waals surface area contributed by atoms with Crippen molar-refractivity contribution >= 4 is 41.3 Å². The summed E-state index contributed by atoms with van der Waals surface area (Å²) in [6.07, 6.45) is 3.73. The highest BCUT2D eigenvalue weighted by Gasteiger charge is 2.20. The number of nitrogens with zero attached hydrogens (tertiary/aromatic N) is 3. The fraction of sp³-hybridized carbons (Fsp3) is 0.524. The van der Waals surface area contributed by atoms with Crippen LogP contribution in [0, 0.1) is 0 Å². The average molecular weight is 514 g/mol. The van der Waals surface area contributed by atoms with Crippen LogP contribution in [0.4, 0.5) is 0 Å². The van der Waals surface area contributed by atoms with Gasteiger partial charge in [-0.3, -0.25) is 4.99 Å². The second-order valence-electron chi connectivity index (χ2n) is 7.13. The number of hydrogen-bond acceptors (Lipinski definition) is 4. The predicted octanol–water partition coefficient (Wildman–Crippen LogP) is 4.60. The summed E-state index contributed by atoms with van der Waals surface area (Å²) in [6.45, 7) is 3.67. The van der Waals surface area contributed by atoms with Gasteiger partial charge in [0.2, 0.25) is 0 Å². The van der Waals surface area contributed by atoms with Crippen LogP contribution >= 0.6 is 35.3 Å². The maximum atomic E-state index is 5.36. The quantitative estimate of drug-likeness (QED) is 0.348. The number of benzene rings is 1. The van der Waals surface area contributed by atoms with Crippen LogP contribution in [0.3, 0.4) is 0 Å². The highest BCUT2D eigenvalue weighted by Crippen LogP contribution is 2.30. The first-order chi connectivity index (χ1) is 13.1. The molecule has 1 N–H and O–H groups in total. The number of nitrogens with one attached hydrogen (secondary N) is 1. The molecule has 1 aromatic carbocycles. The molecule has 154 valence electrons. The molecule has 5 nitrogen and oxygen atoms in total. The van der Waals surface area contributed by atoms with Gasteiger partial charge >= 0.3 is 0 Å². The summed E-state index contributed by atoms with van der Waals surface area (Å²) >= 11 is 1.65. The van der Waals surface area contributed by atoms with Crippen LogP contribution in [-0.4, -0.2) is 43.6 Å². The number of aromatic nitrogens is 1. The van der Waals surface area contributed by atoms with Gasteiger partial charge in [-0.05, 0) is 37.3 Å². The Morgan fingerprint density at radius 3 is 2.96 bits per heavy atom. The summed E-state index contributed by atoms with van der Waals surface area (Å²) in [5.74, 6) is 1.46. The number of halogens is 1. The average Bonchev–Trinajstić information content (AvgIpc) is 3.16. The first kappa shape index (κ1) is 23.1. The van der Waals surface area contributed by atoms with Crippen LogP contribution in [0.15, 0.2) is 34.6 Å². The van der Waals surface area contributed by atoms with E-state index < -0.39 is 0 Å². The highest BCUT2D eigenvalue weighted by molar-refractivity contribution is 14.0. The fourth-order valence-corrected chi connectivity index (χ4v) is 4.51. The Labute approximate surface area is 189 Å². The Kier molecular flexibility index (Phi) is 9.17. The van der Waals surface area contributed by atoms with Crippen LogP contribution < -0.4 is 5.32 Å². The van der Waals surface area contributed by atoms with E-state index in [1.54, 1.807) is 18.4 Å². The van der Waals surface area contributed by atoms with Gasteiger partial charge in [-0.1, -0.05) is 24.3 Å². The van der Waals surface area contributed by atoms with Crippen molar-refractivity contribution < 1.29 is 4.74 Å². The number of aryl methyl sites for hydroxylation is 1. The zero-order valence-corrected chi connectivity index (χ0v) is 20.3. The highest BCUT2D eigenvalue weighted by atomic mass is 127. The van der Waals surface area contributed by atoms with Crippen LogP contribution in [-0.2, 0) is 17.7 Å². The summed E-state index contributed by atoms with van der Waals surface area (Å²) < 4.78 is 5.36. The molecular weight excluding hydrogens is 483 g/mol. The molecule has 0 spiro atoms. The molecule has 0 saturated heterocycles. The van der Waals surface area contributed by atoms with Gasteiger partial charge in [0.05, 0.1) is 12.2 Å². The molecule has 2 aromatic rings. The second kappa shape index (κ2) is 11.1. The Morgan fingerprint density at radius 2 is 2.21 bits per heavy atom. The van der Waals surface area contributed by atoms with Gasteiger partial charge in [0.1, 0.15) is 11.1 Å². The monoisotopic (exact) mass is 514 g/mol. The van der Waals surface area contributed by atoms with E-state index in [4.69, 9.17) is 4.74 Å². The maximum Gasteiger partial charge on any atom is 0.193 e. The van der Waals surface area contributed by atoms with Crippen molar-refractivity contribution in [2.24, 2.45) is 4.99 Å². The molecule has 2 unspecified atom stereocenters. The lowest BCUT2D eigenvalue weighted by molar-refractivity contribution is 0.119. The summed E-state index contributed by atoms with van der Waals surface area (Å²) in [5, 5.41) is 6.69. The van der Waals surface area contributed by atoms with Gasteiger partial charge in [0.25, 0.3) is 0 Å². The van der Waals surface area contributed by atoms with Gasteiger partial charge in [-0.2, -0.15) is 0 Å². The lowest BCUT2D eigenvalue weighted by atomic mass is 9.83. The SMILES string of the molecule is CN=C(NCC1CCCc2ccccc21)N(C)Cc1csc(C(C)OC)n1.I. The van der Waals surface area contributed by atoms with Gasteiger partial charge in [0.15, 0.2) is 5.96 Å². The van der Waals surface area contributed by atoms with Crippen LogP contribution in [0.5, 0.6) is 0 Å². The minimum atomic E-state index is 0. The second-order valence-corrected chi connectivity index (χ2v) is 8.02. The number of fused-ring (bicyclic) bond motifs is 1. The zero-order chi connectivity index (χ0) is 19.2. The number of guanidine groups is 1. The van der Waals surface area contributed by atoms with Crippen molar-refractivity contribution in [1.29, 1.82) is 0 Å². The van der Waals surface area contributed by atoms with Crippen molar-refractivity contribution in [3.05, 3.63) is 51.5 Å². The number of hydrogen-bond donors (Lipinski definition) is 1. The van der Waals surface area contributed by atoms with Gasteiger partial charge in [-0.25, -0.2) is 4.98 Å². The molecule has 0 aliphatic heterocycles. The molecule has 1 aromatic heterocycles. The standard InChI is InChI=1S/C21H30N4OS.HI/c1-15(26-4)20-24-18(14-27-20)13-25(3)21(22-2)23-12-17-10-7-9-16-8-5-6-11-19(16)17;/h5-6,8,11,14-15,17H,7,9-10,12-13H2,1-4H3,(H,22,23);1H. The van der Waals surface area contributed by atoms with Gasteiger partial charge in [-0.15, -0.1) is 35.3 Å². The van der Waals surface area contributed by atoms with E-state index in [2.05, 4.69) is 56.9 Å². The Morgan fingerprint density at radius 1 is 1.43 bits per heavy atom. The summed E-state index contributed by atoms with van der Waals surface area (Å²) in [5.41, 5.74) is 4.04. The Bertz CT molecular complexity index is 779. The lowest BCUT2D eigenvalue weighted by Gasteiger charge is -2.28. The number of rotatable bonds is 6. The lowest BCUT2D eigenvalue weighted by Crippen LogP contribution is -2.40. The molecule has 1 aliphatic rings. The van der Waals surface area contributed by atoms with Crippen LogP contribution in [0.1, 0.15) is 53.6 Å². The summed E-state index contributed by atoms with van der Waals surface area (Å²) in [4.78, 5) is 11.3. The van der Waals surface area contributed by atoms with Crippen LogP contribution in [0.2, 0.25) is 0 Å². The molecule has 0 saturated carbocycles. The van der Waals surface area contributed by atoms with E-state index in [1.807, 2.05) is 14.0 Å². The van der Waals surface area contributed by atoms with Crippen molar-refractivity contribution in [2.45, 2.75) is 44.8 Å². The van der Waals surface area contributed by atoms with Crippen molar-refractivity contribution in [3.63, 3.8) is 0 Å². The molecule has 28 heavy (non-hydrogen) atoms. The van der Waals surface area contributed by atoms with E-state index in [0.717, 1.165) is 29.8 Å². The largest absolute Gasteiger partial charge is 0.375 e. The normalized spacial score (nSPS) is 17.4. The van der Waals surface area contributed by atoms with E-state index in [1.165, 1.54) is 30.4 Å². The van der Waals surface area contributed by atoms with E-state index in [-0.39, 0.29) is 30.1 Å². The molecule has 7 heteroatoms. The van der Waals surface area contributed by atoms with E-state index in [9.17, 15) is 0 Å². The number of thiazole rings is 1. The third-order valence-electron chi connectivity index (χ3n) is 5.24. The molecule has 1 aliphatic carbocycles. The molecular formula is C21H31IN4OS. The molecule has 0 bridgehead atoms. The number of aliphatic imine (C=N–C) groups is 1. The van der Waals surface area contributed by atoms with Crippen molar-refractivity contribution in [2.75, 3.05) is 27.7 Å². The Hall–Kier alpha value is -1.19. The first-order valence-corrected chi connectivity index (χ1v) is 10.5. The predicted molar refractivity (Wildman–Crippen MR) is 128 cm³/mol. The molecule has 0 amide bonds. The first-order valence-electron chi connectivity index (χ1n) is 9.59.